The third kappa shape index (κ3) is 2.87. The largest absolute Gasteiger partial charge is 0.417 e. The summed E-state index contributed by atoms with van der Waals surface area (Å²) in [7, 11) is 0. The maximum atomic E-state index is 13.0. The molecule has 2 N–H and O–H groups in total. The number of nitrogens with two attached hydrogens (primary N) is 1. The summed E-state index contributed by atoms with van der Waals surface area (Å²) in [6.07, 6.45) is -3.88. The van der Waals surface area contributed by atoms with Crippen molar-refractivity contribution >= 4 is 28.4 Å². The van der Waals surface area contributed by atoms with Crippen LogP contribution in [0.15, 0.2) is 24.3 Å². The first-order valence-corrected chi connectivity index (χ1v) is 6.91. The summed E-state index contributed by atoms with van der Waals surface area (Å²) in [4.78, 5) is 8.18. The number of hydrogen-bond acceptors (Lipinski definition) is 3. The van der Waals surface area contributed by atoms with Gasteiger partial charge in [0.15, 0.2) is 5.82 Å². The predicted molar refractivity (Wildman–Crippen MR) is 79.0 cm³/mol. The zero-order chi connectivity index (χ0) is 14.9. The van der Waals surface area contributed by atoms with E-state index in [2.05, 4.69) is 9.97 Å². The highest BCUT2D eigenvalue weighted by Gasteiger charge is 2.34. The van der Waals surface area contributed by atoms with Crippen LogP contribution in [0.5, 0.6) is 0 Å². The molecule has 0 saturated carbocycles. The van der Waals surface area contributed by atoms with E-state index in [9.17, 15) is 13.2 Å². The monoisotopic (exact) mass is 393 g/mol. The molecule has 7 heteroatoms. The molecule has 0 aliphatic rings. The number of aromatic nitrogens is 2. The van der Waals surface area contributed by atoms with E-state index in [0.717, 1.165) is 6.07 Å². The highest BCUT2D eigenvalue weighted by molar-refractivity contribution is 14.1. The van der Waals surface area contributed by atoms with Crippen LogP contribution in [0.4, 0.5) is 19.0 Å². The van der Waals surface area contributed by atoms with Gasteiger partial charge in [-0.25, -0.2) is 9.97 Å². The van der Waals surface area contributed by atoms with Crippen molar-refractivity contribution in [2.24, 2.45) is 0 Å². The number of rotatable bonds is 2. The minimum absolute atomic E-state index is 0.00712. The van der Waals surface area contributed by atoms with E-state index in [1.54, 1.807) is 0 Å². The highest BCUT2D eigenvalue weighted by atomic mass is 127. The van der Waals surface area contributed by atoms with Gasteiger partial charge in [0.05, 0.1) is 14.8 Å². The fraction of sp³-hybridized carbons (Fsp3) is 0.231. The van der Waals surface area contributed by atoms with Gasteiger partial charge >= 0.3 is 6.18 Å². The van der Waals surface area contributed by atoms with Crippen molar-refractivity contribution in [1.82, 2.24) is 9.97 Å². The van der Waals surface area contributed by atoms with Crippen molar-refractivity contribution in [2.45, 2.75) is 19.5 Å². The molecule has 0 atom stereocenters. The molecule has 2 aromatic rings. The summed E-state index contributed by atoms with van der Waals surface area (Å²) in [6.45, 7) is 1.86. The molecule has 106 valence electrons. The van der Waals surface area contributed by atoms with Crippen LogP contribution in [0.3, 0.4) is 0 Å². The first-order valence-electron chi connectivity index (χ1n) is 5.83. The minimum atomic E-state index is -4.45. The number of benzene rings is 1. The van der Waals surface area contributed by atoms with Crippen LogP contribution in [0, 0.1) is 3.57 Å². The molecule has 0 aliphatic heterocycles. The van der Waals surface area contributed by atoms with Crippen LogP contribution in [0.1, 0.15) is 18.2 Å². The van der Waals surface area contributed by atoms with Gasteiger partial charge in [-0.2, -0.15) is 13.2 Å². The number of nitrogens with zero attached hydrogens (tertiary/aromatic N) is 2. The average Bonchev–Trinajstić information content (AvgIpc) is 2.40. The van der Waals surface area contributed by atoms with E-state index in [-0.39, 0.29) is 17.2 Å². The Bertz CT molecular complexity index is 641. The lowest BCUT2D eigenvalue weighted by Crippen LogP contribution is -2.10. The van der Waals surface area contributed by atoms with Crippen LogP contribution in [0.25, 0.3) is 11.4 Å². The van der Waals surface area contributed by atoms with Crippen LogP contribution < -0.4 is 5.73 Å². The van der Waals surface area contributed by atoms with Gasteiger partial charge in [0.25, 0.3) is 0 Å². The Hall–Kier alpha value is -1.38. The summed E-state index contributed by atoms with van der Waals surface area (Å²) in [5.41, 5.74) is 5.58. The summed E-state index contributed by atoms with van der Waals surface area (Å²) in [5.74, 6) is 0.206. The molecule has 20 heavy (non-hydrogen) atoms. The minimum Gasteiger partial charge on any atom is -0.383 e. The SMILES string of the molecule is CCc1nc(-c2ccccc2C(F)(F)F)nc(N)c1I. The second-order valence-corrected chi connectivity index (χ2v) is 5.17. The van der Waals surface area contributed by atoms with Crippen molar-refractivity contribution in [1.29, 1.82) is 0 Å². The second-order valence-electron chi connectivity index (χ2n) is 4.09. The molecule has 0 bridgehead atoms. The van der Waals surface area contributed by atoms with Crippen molar-refractivity contribution in [3.8, 4) is 11.4 Å². The van der Waals surface area contributed by atoms with E-state index < -0.39 is 11.7 Å². The van der Waals surface area contributed by atoms with Crippen LogP contribution in [-0.4, -0.2) is 9.97 Å². The number of aryl methyl sites for hydroxylation is 1. The summed E-state index contributed by atoms with van der Waals surface area (Å²) < 4.78 is 39.7. The maximum absolute atomic E-state index is 13.0. The van der Waals surface area contributed by atoms with E-state index in [1.165, 1.54) is 18.2 Å². The molecule has 0 fully saturated rings. The zero-order valence-electron chi connectivity index (χ0n) is 10.5. The molecule has 0 spiro atoms. The molecule has 0 radical (unpaired) electrons. The van der Waals surface area contributed by atoms with Crippen molar-refractivity contribution in [3.63, 3.8) is 0 Å². The van der Waals surface area contributed by atoms with Gasteiger partial charge in [-0.3, -0.25) is 0 Å². The lowest BCUT2D eigenvalue weighted by molar-refractivity contribution is -0.137. The van der Waals surface area contributed by atoms with E-state index in [1.807, 2.05) is 29.5 Å². The fourth-order valence-corrected chi connectivity index (χ4v) is 2.42. The first kappa shape index (κ1) is 15.0. The molecule has 1 aromatic heterocycles. The molecule has 0 unspecified atom stereocenters. The average molecular weight is 393 g/mol. The van der Waals surface area contributed by atoms with Gasteiger partial charge in [0, 0.05) is 5.56 Å². The Kier molecular flexibility index (Phi) is 4.17. The van der Waals surface area contributed by atoms with E-state index in [0.29, 0.717) is 15.7 Å². The van der Waals surface area contributed by atoms with Gasteiger partial charge in [0.1, 0.15) is 5.82 Å². The number of nitrogen functional groups attached to an aromatic ring is 1. The topological polar surface area (TPSA) is 51.8 Å². The first-order chi connectivity index (χ1) is 9.34. The summed E-state index contributed by atoms with van der Waals surface area (Å²) in [5, 5.41) is 0. The fourth-order valence-electron chi connectivity index (χ4n) is 1.79. The molecule has 3 nitrogen and oxygen atoms in total. The second kappa shape index (κ2) is 5.55. The Morgan fingerprint density at radius 2 is 1.85 bits per heavy atom. The number of hydrogen-bond donors (Lipinski definition) is 1. The Balaban J connectivity index is 2.67. The van der Waals surface area contributed by atoms with Crippen molar-refractivity contribution in [2.75, 3.05) is 5.73 Å². The number of alkyl halides is 3. The maximum Gasteiger partial charge on any atom is 0.417 e. The van der Waals surface area contributed by atoms with Gasteiger partial charge in [-0.15, -0.1) is 0 Å². The Morgan fingerprint density at radius 1 is 1.20 bits per heavy atom. The van der Waals surface area contributed by atoms with Crippen LogP contribution >= 0.6 is 22.6 Å². The van der Waals surface area contributed by atoms with Crippen molar-refractivity contribution in [3.05, 3.63) is 39.1 Å². The molecule has 0 aliphatic carbocycles. The van der Waals surface area contributed by atoms with E-state index >= 15 is 0 Å². The highest BCUT2D eigenvalue weighted by Crippen LogP contribution is 2.36. The molecular formula is C13H11F3IN3. The Morgan fingerprint density at radius 3 is 2.45 bits per heavy atom. The van der Waals surface area contributed by atoms with Crippen LogP contribution in [-0.2, 0) is 12.6 Å². The molecule has 0 saturated heterocycles. The predicted octanol–water partition coefficient (Wildman–Crippen LogP) is 3.91. The zero-order valence-corrected chi connectivity index (χ0v) is 12.7. The van der Waals surface area contributed by atoms with Gasteiger partial charge in [-0.05, 0) is 35.1 Å². The standard InChI is InChI=1S/C13H11F3IN3/c1-2-9-10(17)11(18)20-12(19-9)7-5-3-4-6-8(7)13(14,15)16/h3-6H,2H2,1H3,(H2,18,19,20). The van der Waals surface area contributed by atoms with Crippen LogP contribution in [0.2, 0.25) is 0 Å². The summed E-state index contributed by atoms with van der Waals surface area (Å²) >= 11 is 1.99. The molecule has 1 heterocycles. The summed E-state index contributed by atoms with van der Waals surface area (Å²) in [6, 6.07) is 5.22. The number of halogens is 4. The third-order valence-electron chi connectivity index (χ3n) is 2.75. The molecule has 2 rings (SSSR count). The van der Waals surface area contributed by atoms with E-state index in [4.69, 9.17) is 5.73 Å². The molecule has 1 aromatic carbocycles. The molecule has 0 amide bonds. The van der Waals surface area contributed by atoms with Crippen molar-refractivity contribution < 1.29 is 13.2 Å². The van der Waals surface area contributed by atoms with Gasteiger partial charge in [-0.1, -0.05) is 25.1 Å². The van der Waals surface area contributed by atoms with Gasteiger partial charge < -0.3 is 5.73 Å². The quantitative estimate of drug-likeness (QED) is 0.788. The van der Waals surface area contributed by atoms with Gasteiger partial charge in [0.2, 0.25) is 0 Å². The Labute approximate surface area is 127 Å². The lowest BCUT2D eigenvalue weighted by atomic mass is 10.1. The number of anilines is 1. The normalized spacial score (nSPS) is 11.7. The molecular weight excluding hydrogens is 382 g/mol. The smallest absolute Gasteiger partial charge is 0.383 e. The lowest BCUT2D eigenvalue weighted by Gasteiger charge is -2.13. The third-order valence-corrected chi connectivity index (χ3v) is 3.93.